The number of benzene rings is 3. The lowest BCUT2D eigenvalue weighted by atomic mass is 9.88. The van der Waals surface area contributed by atoms with E-state index in [1.165, 1.54) is 5.39 Å². The molecule has 2 aliphatic rings. The summed E-state index contributed by atoms with van der Waals surface area (Å²) in [6, 6.07) is 13.8. The molecular formula is C33H36N2O5. The number of carboxylic acids is 1. The van der Waals surface area contributed by atoms with Crippen LogP contribution in [0.15, 0.2) is 60.8 Å². The van der Waals surface area contributed by atoms with E-state index in [4.69, 9.17) is 14.2 Å². The number of hydrogen-bond donors (Lipinski definition) is 2. The third-order valence-electron chi connectivity index (χ3n) is 8.35. The molecule has 4 aromatic rings. The topological polar surface area (TPSA) is 84.0 Å². The van der Waals surface area contributed by atoms with Crippen LogP contribution in [0.1, 0.15) is 58.8 Å². The van der Waals surface area contributed by atoms with E-state index in [0.29, 0.717) is 25.3 Å². The van der Waals surface area contributed by atoms with E-state index in [1.54, 1.807) is 13.2 Å². The Morgan fingerprint density at radius 3 is 2.88 bits per heavy atom. The minimum absolute atomic E-state index is 0.0217. The summed E-state index contributed by atoms with van der Waals surface area (Å²) in [5.41, 5.74) is 4.83. The minimum Gasteiger partial charge on any atom is -0.496 e. The van der Waals surface area contributed by atoms with E-state index < -0.39 is 5.97 Å². The number of nitrogens with zero attached hydrogens (tertiary/aromatic N) is 1. The number of aryl methyl sites for hydroxylation is 1. The normalized spacial score (nSPS) is 21.1. The molecular weight excluding hydrogens is 504 g/mol. The van der Waals surface area contributed by atoms with E-state index in [-0.39, 0.29) is 12.1 Å². The first-order valence-corrected chi connectivity index (χ1v) is 14.1. The highest BCUT2D eigenvalue weighted by atomic mass is 16.5. The zero-order chi connectivity index (χ0) is 27.6. The molecule has 1 aromatic heterocycles. The number of carbonyl (C=O) groups is 1. The number of likely N-dealkylation sites (tertiary alicyclic amines) is 1. The Labute approximate surface area is 234 Å². The lowest BCUT2D eigenvalue weighted by Crippen LogP contribution is -2.39. The van der Waals surface area contributed by atoms with Crippen molar-refractivity contribution >= 4 is 27.6 Å². The van der Waals surface area contributed by atoms with Gasteiger partial charge in [-0.25, -0.2) is 4.79 Å². The third-order valence-corrected chi connectivity index (χ3v) is 8.35. The number of nitrogens with one attached hydrogen (secondary N) is 1. The fourth-order valence-electron chi connectivity index (χ4n) is 6.32. The highest BCUT2D eigenvalue weighted by Crippen LogP contribution is 2.41. The highest BCUT2D eigenvalue weighted by Gasteiger charge is 2.33. The van der Waals surface area contributed by atoms with Crippen molar-refractivity contribution in [1.82, 2.24) is 9.88 Å². The molecule has 6 rings (SSSR count). The van der Waals surface area contributed by atoms with Gasteiger partial charge in [0.25, 0.3) is 0 Å². The van der Waals surface area contributed by atoms with E-state index in [0.717, 1.165) is 76.7 Å². The molecule has 4 bridgehead atoms. The van der Waals surface area contributed by atoms with E-state index in [1.807, 2.05) is 30.5 Å². The number of aromatic amines is 1. The molecule has 7 nitrogen and oxygen atoms in total. The van der Waals surface area contributed by atoms with E-state index in [2.05, 4.69) is 41.1 Å². The van der Waals surface area contributed by atoms with Crippen LogP contribution < -0.4 is 9.47 Å². The highest BCUT2D eigenvalue weighted by molar-refractivity contribution is 6.05. The van der Waals surface area contributed by atoms with Crippen LogP contribution in [0.5, 0.6) is 11.5 Å². The summed E-state index contributed by atoms with van der Waals surface area (Å²) in [5.74, 6) is 0.717. The number of H-pyrrole nitrogens is 1. The van der Waals surface area contributed by atoms with Gasteiger partial charge in [0, 0.05) is 41.8 Å². The molecule has 40 heavy (non-hydrogen) atoms. The molecule has 2 N–H and O–H groups in total. The maximum atomic E-state index is 12.2. The van der Waals surface area contributed by atoms with Gasteiger partial charge in [0.2, 0.25) is 0 Å². The van der Waals surface area contributed by atoms with E-state index >= 15 is 0 Å². The van der Waals surface area contributed by atoms with Gasteiger partial charge in [-0.05, 0) is 90.9 Å². The van der Waals surface area contributed by atoms with Crippen LogP contribution in [0.4, 0.5) is 0 Å². The number of aromatic carboxylic acids is 1. The van der Waals surface area contributed by atoms with Gasteiger partial charge >= 0.3 is 5.97 Å². The monoisotopic (exact) mass is 540 g/mol. The van der Waals surface area contributed by atoms with Gasteiger partial charge in [-0.1, -0.05) is 18.2 Å². The van der Waals surface area contributed by atoms with Crippen LogP contribution in [0.25, 0.3) is 21.7 Å². The molecule has 0 spiro atoms. The number of fused-ring (bicyclic) bond motifs is 5. The second-order valence-electron chi connectivity index (χ2n) is 10.8. The van der Waals surface area contributed by atoms with Crippen molar-refractivity contribution in [1.29, 1.82) is 0 Å². The average molecular weight is 541 g/mol. The first kappa shape index (κ1) is 26.4. The molecule has 0 unspecified atom stereocenters. The lowest BCUT2D eigenvalue weighted by molar-refractivity contribution is -0.00745. The van der Waals surface area contributed by atoms with Crippen molar-refractivity contribution in [2.24, 2.45) is 0 Å². The number of aromatic nitrogens is 1. The predicted molar refractivity (Wildman–Crippen MR) is 156 cm³/mol. The van der Waals surface area contributed by atoms with E-state index in [9.17, 15) is 9.90 Å². The SMILES string of the molecule is COc1cc(C)c2[nH]ccc2c1CN1CC[C@H]2C[C@H]1c1ccc(C(=O)O)c3ccc(cc13)OCCC/C=C/CO2. The predicted octanol–water partition coefficient (Wildman–Crippen LogP) is 6.79. The number of carboxylic acid groups (broad SMARTS) is 1. The summed E-state index contributed by atoms with van der Waals surface area (Å²) < 4.78 is 18.3. The summed E-state index contributed by atoms with van der Waals surface area (Å²) in [5, 5.41) is 12.8. The van der Waals surface area contributed by atoms with Crippen LogP contribution in [0, 0.1) is 6.92 Å². The van der Waals surface area contributed by atoms with Crippen molar-refractivity contribution < 1.29 is 24.1 Å². The molecule has 2 atom stereocenters. The molecule has 1 saturated heterocycles. The molecule has 3 heterocycles. The lowest BCUT2D eigenvalue weighted by Gasteiger charge is -2.40. The van der Waals surface area contributed by atoms with Gasteiger partial charge in [-0.3, -0.25) is 4.90 Å². The van der Waals surface area contributed by atoms with Crippen LogP contribution in [0.2, 0.25) is 0 Å². The Hall–Kier alpha value is -3.81. The fraction of sp³-hybridized carbons (Fsp3) is 0.364. The quantitative estimate of drug-likeness (QED) is 0.277. The minimum atomic E-state index is -0.928. The zero-order valence-electron chi connectivity index (χ0n) is 23.1. The second kappa shape index (κ2) is 11.4. The summed E-state index contributed by atoms with van der Waals surface area (Å²) in [6.45, 7) is 4.84. The van der Waals surface area contributed by atoms with Gasteiger partial charge in [-0.15, -0.1) is 0 Å². The maximum absolute atomic E-state index is 12.2. The summed E-state index contributed by atoms with van der Waals surface area (Å²) in [4.78, 5) is 18.0. The smallest absolute Gasteiger partial charge is 0.336 e. The molecule has 3 aromatic carbocycles. The van der Waals surface area contributed by atoms with Gasteiger partial charge in [0.15, 0.2) is 0 Å². The number of methoxy groups -OCH3 is 1. The van der Waals surface area contributed by atoms with Crippen molar-refractivity contribution in [2.75, 3.05) is 26.9 Å². The Kier molecular flexibility index (Phi) is 7.50. The second-order valence-corrected chi connectivity index (χ2v) is 10.8. The largest absolute Gasteiger partial charge is 0.496 e. The average Bonchev–Trinajstić information content (AvgIpc) is 3.46. The van der Waals surface area contributed by atoms with Gasteiger partial charge < -0.3 is 24.3 Å². The van der Waals surface area contributed by atoms with Crippen LogP contribution in [-0.4, -0.2) is 53.9 Å². The number of piperidine rings is 1. The molecule has 2 aliphatic heterocycles. The van der Waals surface area contributed by atoms with Crippen LogP contribution in [-0.2, 0) is 11.3 Å². The maximum Gasteiger partial charge on any atom is 0.336 e. The molecule has 208 valence electrons. The standard InChI is InChI=1S/C33H36N2O5/c1-21-17-31(38-2)29(26-11-13-34-32(21)26)20-35-14-12-23-19-30(35)25-9-10-27(33(36)37)24-8-7-22(18-28(24)25)39-15-5-3-4-6-16-40-23/h4,6-11,13,17-18,23,30,34H,3,5,12,14-16,19-20H2,1-2H3,(H,36,37)/b6-4+/t23-,30-/m0/s1. The number of ether oxygens (including phenoxy) is 3. The zero-order valence-corrected chi connectivity index (χ0v) is 23.1. The molecule has 0 aliphatic carbocycles. The molecule has 7 heteroatoms. The van der Waals surface area contributed by atoms with Crippen LogP contribution in [0.3, 0.4) is 0 Å². The van der Waals surface area contributed by atoms with Crippen molar-refractivity contribution in [2.45, 2.75) is 51.3 Å². The molecule has 0 saturated carbocycles. The van der Waals surface area contributed by atoms with Gasteiger partial charge in [0.05, 0.1) is 32.0 Å². The fourth-order valence-corrected chi connectivity index (χ4v) is 6.32. The van der Waals surface area contributed by atoms with Crippen molar-refractivity contribution in [3.8, 4) is 11.5 Å². The summed E-state index contributed by atoms with van der Waals surface area (Å²) in [7, 11) is 1.73. The summed E-state index contributed by atoms with van der Waals surface area (Å²) >= 11 is 0. The Morgan fingerprint density at radius 1 is 1.12 bits per heavy atom. The Balaban J connectivity index is 1.47. The van der Waals surface area contributed by atoms with Gasteiger partial charge in [-0.2, -0.15) is 0 Å². The summed E-state index contributed by atoms with van der Waals surface area (Å²) in [6.07, 6.45) is 9.94. The van der Waals surface area contributed by atoms with Crippen molar-refractivity contribution in [3.63, 3.8) is 0 Å². The first-order chi connectivity index (χ1) is 19.5. The molecule has 0 radical (unpaired) electrons. The molecule has 0 amide bonds. The number of allylic oxidation sites excluding steroid dienone is 1. The Bertz CT molecular complexity index is 1570. The first-order valence-electron chi connectivity index (χ1n) is 14.1. The third kappa shape index (κ3) is 5.07. The van der Waals surface area contributed by atoms with Crippen LogP contribution >= 0.6 is 0 Å². The number of rotatable bonds is 4. The Morgan fingerprint density at radius 2 is 2.02 bits per heavy atom. The number of hydrogen-bond acceptors (Lipinski definition) is 5. The van der Waals surface area contributed by atoms with Gasteiger partial charge in [0.1, 0.15) is 11.5 Å². The van der Waals surface area contributed by atoms with Crippen molar-refractivity contribution in [3.05, 3.63) is 83.1 Å². The molecule has 1 fully saturated rings.